The monoisotopic (exact) mass is 305 g/mol. The predicted octanol–water partition coefficient (Wildman–Crippen LogP) is 1.56. The van der Waals surface area contributed by atoms with Gasteiger partial charge in [0.1, 0.15) is 0 Å². The van der Waals surface area contributed by atoms with Crippen LogP contribution in [0, 0.1) is 0 Å². The second kappa shape index (κ2) is 7.39. The molecule has 0 unspecified atom stereocenters. The maximum Gasteiger partial charge on any atom is 0.409 e. The molecule has 8 nitrogen and oxygen atoms in total. The van der Waals surface area contributed by atoms with E-state index in [2.05, 4.69) is 10.3 Å². The van der Waals surface area contributed by atoms with Gasteiger partial charge in [-0.1, -0.05) is 5.22 Å². The van der Waals surface area contributed by atoms with Crippen LogP contribution in [0.3, 0.4) is 0 Å². The summed E-state index contributed by atoms with van der Waals surface area (Å²) in [6.07, 6.45) is -0.291. The van der Waals surface area contributed by atoms with Gasteiger partial charge in [0.05, 0.1) is 25.4 Å². The zero-order valence-corrected chi connectivity index (χ0v) is 12.4. The minimum Gasteiger partial charge on any atom is -0.450 e. The number of primary amides is 1. The van der Waals surface area contributed by atoms with Crippen molar-refractivity contribution in [1.82, 2.24) is 9.91 Å². The quantitative estimate of drug-likeness (QED) is 0.853. The third-order valence-electron chi connectivity index (χ3n) is 3.22. The summed E-state index contributed by atoms with van der Waals surface area (Å²) < 4.78 is 4.95. The molecular formula is C14H19N5O3. The lowest BCUT2D eigenvalue weighted by molar-refractivity contribution is 0.0784. The Labute approximate surface area is 128 Å². The first-order chi connectivity index (χ1) is 10.6. The van der Waals surface area contributed by atoms with Crippen LogP contribution >= 0.6 is 0 Å². The summed E-state index contributed by atoms with van der Waals surface area (Å²) >= 11 is 0. The number of nitrogens with zero attached hydrogens (tertiary/aromatic N) is 4. The van der Waals surface area contributed by atoms with Crippen LogP contribution in [-0.2, 0) is 4.74 Å². The number of ether oxygens (including phenoxy) is 1. The number of benzene rings is 1. The van der Waals surface area contributed by atoms with Gasteiger partial charge in [0.15, 0.2) is 0 Å². The van der Waals surface area contributed by atoms with Gasteiger partial charge >= 0.3 is 6.09 Å². The van der Waals surface area contributed by atoms with Crippen molar-refractivity contribution < 1.29 is 14.3 Å². The Morgan fingerprint density at radius 1 is 1.18 bits per heavy atom. The first kappa shape index (κ1) is 15.7. The predicted molar refractivity (Wildman–Crippen MR) is 79.6 cm³/mol. The number of carbonyl (C=O) groups excluding carboxylic acids is 2. The SMILES string of the molecule is CCOC(=O)N1CCN(N=Nc2ccc(C(N)=O)cc2)CC1. The lowest BCUT2D eigenvalue weighted by Gasteiger charge is -2.31. The average Bonchev–Trinajstić information content (AvgIpc) is 2.54. The van der Waals surface area contributed by atoms with E-state index in [9.17, 15) is 9.59 Å². The molecular weight excluding hydrogens is 286 g/mol. The second-order valence-electron chi connectivity index (χ2n) is 4.74. The van der Waals surface area contributed by atoms with Crippen LogP contribution in [0.5, 0.6) is 0 Å². The largest absolute Gasteiger partial charge is 0.450 e. The van der Waals surface area contributed by atoms with E-state index < -0.39 is 5.91 Å². The fraction of sp³-hybridized carbons (Fsp3) is 0.429. The first-order valence-electron chi connectivity index (χ1n) is 7.08. The number of rotatable bonds is 4. The molecule has 0 aliphatic carbocycles. The van der Waals surface area contributed by atoms with Crippen LogP contribution in [0.15, 0.2) is 34.6 Å². The van der Waals surface area contributed by atoms with Crippen LogP contribution < -0.4 is 5.73 Å². The van der Waals surface area contributed by atoms with E-state index >= 15 is 0 Å². The summed E-state index contributed by atoms with van der Waals surface area (Å²) in [5.41, 5.74) is 6.24. The second-order valence-corrected chi connectivity index (χ2v) is 4.74. The molecule has 1 aliphatic heterocycles. The van der Waals surface area contributed by atoms with Crippen molar-refractivity contribution in [2.75, 3.05) is 32.8 Å². The molecule has 0 aromatic heterocycles. The number of nitrogens with two attached hydrogens (primary N) is 1. The van der Waals surface area contributed by atoms with Crippen molar-refractivity contribution in [2.24, 2.45) is 16.1 Å². The molecule has 22 heavy (non-hydrogen) atoms. The molecule has 118 valence electrons. The van der Waals surface area contributed by atoms with Crippen molar-refractivity contribution in [2.45, 2.75) is 6.92 Å². The van der Waals surface area contributed by atoms with Crippen LogP contribution in [0.25, 0.3) is 0 Å². The van der Waals surface area contributed by atoms with Crippen molar-refractivity contribution in [1.29, 1.82) is 0 Å². The Morgan fingerprint density at radius 2 is 1.82 bits per heavy atom. The van der Waals surface area contributed by atoms with Crippen molar-refractivity contribution >= 4 is 17.7 Å². The van der Waals surface area contributed by atoms with Gasteiger partial charge in [-0.2, -0.15) is 0 Å². The van der Waals surface area contributed by atoms with Gasteiger partial charge in [0.25, 0.3) is 0 Å². The zero-order chi connectivity index (χ0) is 15.9. The smallest absolute Gasteiger partial charge is 0.409 e. The van der Waals surface area contributed by atoms with Gasteiger partial charge in [0.2, 0.25) is 5.91 Å². The molecule has 2 amide bonds. The minimum atomic E-state index is -0.474. The Morgan fingerprint density at radius 3 is 2.36 bits per heavy atom. The van der Waals surface area contributed by atoms with E-state index in [1.165, 1.54) is 0 Å². The van der Waals surface area contributed by atoms with E-state index in [-0.39, 0.29) is 6.09 Å². The van der Waals surface area contributed by atoms with Gasteiger partial charge in [-0.25, -0.2) is 4.79 Å². The minimum absolute atomic E-state index is 0.291. The summed E-state index contributed by atoms with van der Waals surface area (Å²) in [7, 11) is 0. The van der Waals surface area contributed by atoms with Crippen molar-refractivity contribution in [3.8, 4) is 0 Å². The van der Waals surface area contributed by atoms with Gasteiger partial charge in [-0.15, -0.1) is 5.11 Å². The van der Waals surface area contributed by atoms with Crippen molar-refractivity contribution in [3.63, 3.8) is 0 Å². The summed E-state index contributed by atoms with van der Waals surface area (Å²) in [6, 6.07) is 6.57. The maximum absolute atomic E-state index is 11.6. The first-order valence-corrected chi connectivity index (χ1v) is 7.08. The number of hydrogen-bond acceptors (Lipinski definition) is 5. The molecule has 1 saturated heterocycles. The molecule has 2 N–H and O–H groups in total. The Kier molecular flexibility index (Phi) is 5.29. The topological polar surface area (TPSA) is 101 Å². The molecule has 8 heteroatoms. The molecule has 1 heterocycles. The summed E-state index contributed by atoms with van der Waals surface area (Å²) in [5.74, 6) is -0.474. The molecule has 0 saturated carbocycles. The normalized spacial score (nSPS) is 15.1. The van der Waals surface area contributed by atoms with Crippen molar-refractivity contribution in [3.05, 3.63) is 29.8 Å². The average molecular weight is 305 g/mol. The summed E-state index contributed by atoms with van der Waals surface area (Å²) in [5, 5.41) is 10.0. The van der Waals surface area contributed by atoms with Gasteiger partial charge < -0.3 is 15.4 Å². The van der Waals surface area contributed by atoms with E-state index in [0.717, 1.165) is 0 Å². The molecule has 2 rings (SSSR count). The van der Waals surface area contributed by atoms with Crippen LogP contribution in [0.1, 0.15) is 17.3 Å². The third-order valence-corrected chi connectivity index (χ3v) is 3.22. The molecule has 0 radical (unpaired) electrons. The Bertz CT molecular complexity index is 550. The number of amides is 2. The van der Waals surface area contributed by atoms with E-state index in [1.54, 1.807) is 41.1 Å². The fourth-order valence-electron chi connectivity index (χ4n) is 1.99. The Balaban J connectivity index is 1.85. The highest BCUT2D eigenvalue weighted by molar-refractivity contribution is 5.92. The molecule has 0 atom stereocenters. The summed E-state index contributed by atoms with van der Waals surface area (Å²) in [4.78, 5) is 24.2. The lowest BCUT2D eigenvalue weighted by atomic mass is 10.2. The van der Waals surface area contributed by atoms with E-state index in [0.29, 0.717) is 44.0 Å². The molecule has 1 fully saturated rings. The standard InChI is InChI=1S/C14H19N5O3/c1-2-22-14(21)18-7-9-19(10-8-18)17-16-12-5-3-11(4-6-12)13(15)20/h3-6H,2,7-10H2,1H3,(H2,15,20). The van der Waals surface area contributed by atoms with E-state index in [1.807, 2.05) is 0 Å². The third kappa shape index (κ3) is 4.18. The fourth-order valence-corrected chi connectivity index (χ4v) is 1.99. The highest BCUT2D eigenvalue weighted by Crippen LogP contribution is 2.14. The van der Waals surface area contributed by atoms with Gasteiger partial charge in [-0.05, 0) is 31.2 Å². The maximum atomic E-state index is 11.6. The number of hydrogen-bond donors (Lipinski definition) is 1. The van der Waals surface area contributed by atoms with Gasteiger partial charge in [0, 0.05) is 18.7 Å². The van der Waals surface area contributed by atoms with Crippen LogP contribution in [-0.4, -0.2) is 54.7 Å². The van der Waals surface area contributed by atoms with Gasteiger partial charge in [-0.3, -0.25) is 9.80 Å². The number of piperazine rings is 1. The zero-order valence-electron chi connectivity index (χ0n) is 12.4. The highest BCUT2D eigenvalue weighted by atomic mass is 16.6. The highest BCUT2D eigenvalue weighted by Gasteiger charge is 2.21. The molecule has 0 spiro atoms. The molecule has 1 aromatic carbocycles. The Hall–Kier alpha value is -2.64. The molecule has 1 aromatic rings. The van der Waals surface area contributed by atoms with Crippen LogP contribution in [0.2, 0.25) is 0 Å². The molecule has 1 aliphatic rings. The number of carbonyl (C=O) groups is 2. The summed E-state index contributed by atoms with van der Waals surface area (Å²) in [6.45, 7) is 4.46. The lowest BCUT2D eigenvalue weighted by Crippen LogP contribution is -2.46. The van der Waals surface area contributed by atoms with Crippen LogP contribution in [0.4, 0.5) is 10.5 Å². The molecule has 0 bridgehead atoms. The van der Waals surface area contributed by atoms with E-state index in [4.69, 9.17) is 10.5 Å².